The van der Waals surface area contributed by atoms with Gasteiger partial charge in [-0.25, -0.2) is 0 Å². The SMILES string of the molecule is C=CCN(CCO)CCCOc1cc(C)cc(C)c1. The van der Waals surface area contributed by atoms with Gasteiger partial charge >= 0.3 is 0 Å². The number of aliphatic hydroxyl groups is 1. The van der Waals surface area contributed by atoms with Crippen LogP contribution in [0.2, 0.25) is 0 Å². The van der Waals surface area contributed by atoms with Gasteiger partial charge in [-0.3, -0.25) is 4.90 Å². The predicted octanol–water partition coefficient (Wildman–Crippen LogP) is 2.55. The van der Waals surface area contributed by atoms with E-state index < -0.39 is 0 Å². The van der Waals surface area contributed by atoms with Gasteiger partial charge in [0, 0.05) is 19.6 Å². The van der Waals surface area contributed by atoms with E-state index in [0.29, 0.717) is 13.2 Å². The molecule has 0 aliphatic rings. The minimum absolute atomic E-state index is 0.186. The fraction of sp³-hybridized carbons (Fsp3) is 0.500. The van der Waals surface area contributed by atoms with Crippen LogP contribution in [-0.4, -0.2) is 42.9 Å². The van der Waals surface area contributed by atoms with Gasteiger partial charge in [0.15, 0.2) is 0 Å². The Balaban J connectivity index is 2.31. The number of aryl methyl sites for hydroxylation is 2. The van der Waals surface area contributed by atoms with Crippen molar-refractivity contribution in [2.24, 2.45) is 0 Å². The van der Waals surface area contributed by atoms with Gasteiger partial charge in [-0.2, -0.15) is 0 Å². The lowest BCUT2D eigenvalue weighted by Gasteiger charge is -2.19. The molecule has 3 heteroatoms. The summed E-state index contributed by atoms with van der Waals surface area (Å²) in [6, 6.07) is 6.25. The van der Waals surface area contributed by atoms with E-state index in [2.05, 4.69) is 43.5 Å². The van der Waals surface area contributed by atoms with Crippen LogP contribution in [-0.2, 0) is 0 Å². The molecule has 0 unspecified atom stereocenters. The Kier molecular flexibility index (Phi) is 7.23. The predicted molar refractivity (Wildman–Crippen MR) is 79.8 cm³/mol. The highest BCUT2D eigenvalue weighted by molar-refractivity contribution is 5.32. The molecule has 19 heavy (non-hydrogen) atoms. The van der Waals surface area contributed by atoms with Crippen molar-refractivity contribution in [3.05, 3.63) is 42.0 Å². The molecule has 0 bridgehead atoms. The standard InChI is InChI=1S/C16H25NO2/c1-4-6-17(8-9-18)7-5-10-19-16-12-14(2)11-15(3)13-16/h4,11-13,18H,1,5-10H2,2-3H3. The molecule has 3 nitrogen and oxygen atoms in total. The van der Waals surface area contributed by atoms with Crippen molar-refractivity contribution in [1.82, 2.24) is 4.90 Å². The molecule has 0 atom stereocenters. The Hall–Kier alpha value is -1.32. The van der Waals surface area contributed by atoms with Gasteiger partial charge in [0.1, 0.15) is 5.75 Å². The van der Waals surface area contributed by atoms with Crippen LogP contribution in [0.25, 0.3) is 0 Å². The third kappa shape index (κ3) is 6.41. The lowest BCUT2D eigenvalue weighted by molar-refractivity contribution is 0.195. The summed E-state index contributed by atoms with van der Waals surface area (Å²) in [6.07, 6.45) is 2.81. The number of aliphatic hydroxyl groups excluding tert-OH is 1. The normalized spacial score (nSPS) is 10.7. The molecular formula is C16H25NO2. The molecule has 0 radical (unpaired) electrons. The zero-order valence-corrected chi connectivity index (χ0v) is 12.1. The summed E-state index contributed by atoms with van der Waals surface area (Å²) in [7, 11) is 0. The van der Waals surface area contributed by atoms with Gasteiger partial charge in [0.25, 0.3) is 0 Å². The van der Waals surface area contributed by atoms with Crippen molar-refractivity contribution in [3.63, 3.8) is 0 Å². The van der Waals surface area contributed by atoms with Crippen LogP contribution in [0.15, 0.2) is 30.9 Å². The second-order valence-electron chi connectivity index (χ2n) is 4.84. The summed E-state index contributed by atoms with van der Waals surface area (Å²) >= 11 is 0. The molecule has 1 aromatic carbocycles. The molecule has 0 aliphatic heterocycles. The first-order chi connectivity index (χ1) is 9.15. The van der Waals surface area contributed by atoms with Crippen LogP contribution in [0.1, 0.15) is 17.5 Å². The van der Waals surface area contributed by atoms with Crippen molar-refractivity contribution < 1.29 is 9.84 Å². The van der Waals surface area contributed by atoms with Crippen LogP contribution >= 0.6 is 0 Å². The highest BCUT2D eigenvalue weighted by Gasteiger charge is 2.02. The largest absolute Gasteiger partial charge is 0.494 e. The van der Waals surface area contributed by atoms with E-state index in [0.717, 1.165) is 25.3 Å². The maximum absolute atomic E-state index is 8.95. The third-order valence-corrected chi connectivity index (χ3v) is 2.89. The van der Waals surface area contributed by atoms with Crippen LogP contribution in [0, 0.1) is 13.8 Å². The van der Waals surface area contributed by atoms with Crippen molar-refractivity contribution in [3.8, 4) is 5.75 Å². The van der Waals surface area contributed by atoms with Gasteiger partial charge in [0.05, 0.1) is 13.2 Å². The molecule has 1 aromatic rings. The molecular weight excluding hydrogens is 238 g/mol. The minimum Gasteiger partial charge on any atom is -0.494 e. The fourth-order valence-corrected chi connectivity index (χ4v) is 2.11. The monoisotopic (exact) mass is 263 g/mol. The van der Waals surface area contributed by atoms with Crippen LogP contribution in [0.5, 0.6) is 5.75 Å². The first kappa shape index (κ1) is 15.7. The van der Waals surface area contributed by atoms with Crippen molar-refractivity contribution in [2.45, 2.75) is 20.3 Å². The number of nitrogens with zero attached hydrogens (tertiary/aromatic N) is 1. The molecule has 0 saturated carbocycles. The topological polar surface area (TPSA) is 32.7 Å². The van der Waals surface area contributed by atoms with E-state index in [1.807, 2.05) is 6.08 Å². The molecule has 0 aliphatic carbocycles. The van der Waals surface area contributed by atoms with E-state index in [9.17, 15) is 0 Å². The Labute approximate surface area is 116 Å². The Bertz CT molecular complexity index is 370. The summed E-state index contributed by atoms with van der Waals surface area (Å²) in [4.78, 5) is 2.16. The second kappa shape index (κ2) is 8.73. The Morgan fingerprint density at radius 2 is 1.89 bits per heavy atom. The maximum atomic E-state index is 8.95. The van der Waals surface area contributed by atoms with Gasteiger partial charge in [0.2, 0.25) is 0 Å². The minimum atomic E-state index is 0.186. The van der Waals surface area contributed by atoms with E-state index >= 15 is 0 Å². The molecule has 106 valence electrons. The van der Waals surface area contributed by atoms with Gasteiger partial charge in [-0.1, -0.05) is 12.1 Å². The molecule has 0 saturated heterocycles. The summed E-state index contributed by atoms with van der Waals surface area (Å²) in [5.74, 6) is 0.940. The third-order valence-electron chi connectivity index (χ3n) is 2.89. The van der Waals surface area contributed by atoms with Gasteiger partial charge in [-0.05, 0) is 43.5 Å². The first-order valence-corrected chi connectivity index (χ1v) is 6.81. The molecule has 0 amide bonds. The zero-order chi connectivity index (χ0) is 14.1. The van der Waals surface area contributed by atoms with Crippen molar-refractivity contribution in [2.75, 3.05) is 32.8 Å². The van der Waals surface area contributed by atoms with Crippen LogP contribution < -0.4 is 4.74 Å². The summed E-state index contributed by atoms with van der Waals surface area (Å²) in [6.45, 7) is 11.2. The summed E-state index contributed by atoms with van der Waals surface area (Å²) in [5.41, 5.74) is 2.45. The van der Waals surface area contributed by atoms with Crippen LogP contribution in [0.3, 0.4) is 0 Å². The Morgan fingerprint density at radius 3 is 2.47 bits per heavy atom. The first-order valence-electron chi connectivity index (χ1n) is 6.81. The fourth-order valence-electron chi connectivity index (χ4n) is 2.11. The number of hydrogen-bond acceptors (Lipinski definition) is 3. The average molecular weight is 263 g/mol. The lowest BCUT2D eigenvalue weighted by Crippen LogP contribution is -2.29. The van der Waals surface area contributed by atoms with Crippen molar-refractivity contribution >= 4 is 0 Å². The quantitative estimate of drug-likeness (QED) is 0.549. The van der Waals surface area contributed by atoms with E-state index in [-0.39, 0.29) is 6.61 Å². The number of benzene rings is 1. The molecule has 0 aromatic heterocycles. The number of rotatable bonds is 9. The van der Waals surface area contributed by atoms with Crippen LogP contribution in [0.4, 0.5) is 0 Å². The van der Waals surface area contributed by atoms with Gasteiger partial charge < -0.3 is 9.84 Å². The maximum Gasteiger partial charge on any atom is 0.119 e. The summed E-state index contributed by atoms with van der Waals surface area (Å²) < 4.78 is 5.76. The molecule has 0 heterocycles. The molecule has 0 fully saturated rings. The average Bonchev–Trinajstić information content (AvgIpc) is 2.34. The Morgan fingerprint density at radius 1 is 1.21 bits per heavy atom. The van der Waals surface area contributed by atoms with E-state index in [4.69, 9.17) is 9.84 Å². The van der Waals surface area contributed by atoms with Gasteiger partial charge in [-0.15, -0.1) is 6.58 Å². The second-order valence-corrected chi connectivity index (χ2v) is 4.84. The highest BCUT2D eigenvalue weighted by Crippen LogP contribution is 2.16. The molecule has 0 spiro atoms. The zero-order valence-electron chi connectivity index (χ0n) is 12.1. The number of hydrogen-bond donors (Lipinski definition) is 1. The smallest absolute Gasteiger partial charge is 0.119 e. The lowest BCUT2D eigenvalue weighted by atomic mass is 10.1. The van der Waals surface area contributed by atoms with E-state index in [1.165, 1.54) is 11.1 Å². The molecule has 1 rings (SSSR count). The van der Waals surface area contributed by atoms with Crippen molar-refractivity contribution in [1.29, 1.82) is 0 Å². The van der Waals surface area contributed by atoms with E-state index in [1.54, 1.807) is 0 Å². The number of ether oxygens (including phenoxy) is 1. The summed E-state index contributed by atoms with van der Waals surface area (Å²) in [5, 5.41) is 8.95. The molecule has 1 N–H and O–H groups in total. The highest BCUT2D eigenvalue weighted by atomic mass is 16.5.